The summed E-state index contributed by atoms with van der Waals surface area (Å²) in [6.45, 7) is 10.8. The first-order valence-electron chi connectivity index (χ1n) is 6.91. The summed E-state index contributed by atoms with van der Waals surface area (Å²) >= 11 is 0. The van der Waals surface area contributed by atoms with Crippen molar-refractivity contribution in [2.24, 2.45) is 11.8 Å². The lowest BCUT2D eigenvalue weighted by Crippen LogP contribution is -2.45. The van der Waals surface area contributed by atoms with E-state index in [2.05, 4.69) is 6.58 Å². The van der Waals surface area contributed by atoms with Crippen LogP contribution in [0.1, 0.15) is 40.0 Å². The fourth-order valence-electron chi connectivity index (χ4n) is 2.43. The lowest BCUT2D eigenvalue weighted by atomic mass is 9.82. The van der Waals surface area contributed by atoms with Crippen LogP contribution in [0.2, 0.25) is 0 Å². The van der Waals surface area contributed by atoms with Crippen LogP contribution in [-0.2, 0) is 9.53 Å². The van der Waals surface area contributed by atoms with Gasteiger partial charge in [0.1, 0.15) is 11.9 Å². The standard InChI is InChI=1S/C15H25NO3/c1-5-12-11-16(14(18)19-15(2,3)4)9-8-13(12)7-6-10-17/h5,10,12-13H,1,6-9,11H2,2-4H3/t12-,13+/m0/s1. The van der Waals surface area contributed by atoms with Crippen molar-refractivity contribution >= 4 is 12.4 Å². The maximum Gasteiger partial charge on any atom is 0.410 e. The molecule has 0 unspecified atom stereocenters. The topological polar surface area (TPSA) is 46.6 Å². The first kappa shape index (κ1) is 15.7. The molecule has 19 heavy (non-hydrogen) atoms. The molecule has 0 saturated carbocycles. The van der Waals surface area contributed by atoms with Crippen LogP contribution in [0.25, 0.3) is 0 Å². The predicted octanol–water partition coefficient (Wildman–Crippen LogP) is 3.02. The fourth-order valence-corrected chi connectivity index (χ4v) is 2.43. The van der Waals surface area contributed by atoms with Gasteiger partial charge in [0.15, 0.2) is 0 Å². The van der Waals surface area contributed by atoms with Gasteiger partial charge in [-0.1, -0.05) is 6.08 Å². The number of hydrogen-bond donors (Lipinski definition) is 0. The van der Waals surface area contributed by atoms with Gasteiger partial charge in [-0.2, -0.15) is 0 Å². The molecule has 0 aromatic rings. The molecule has 1 amide bonds. The Hall–Kier alpha value is -1.32. The van der Waals surface area contributed by atoms with Crippen molar-refractivity contribution in [1.29, 1.82) is 0 Å². The normalized spacial score (nSPS) is 23.8. The number of hydrogen-bond acceptors (Lipinski definition) is 3. The van der Waals surface area contributed by atoms with E-state index >= 15 is 0 Å². The molecule has 1 aliphatic rings. The van der Waals surface area contributed by atoms with Crippen LogP contribution in [0.4, 0.5) is 4.79 Å². The molecule has 0 bridgehead atoms. The van der Waals surface area contributed by atoms with Gasteiger partial charge in [-0.3, -0.25) is 0 Å². The van der Waals surface area contributed by atoms with Gasteiger partial charge in [0.2, 0.25) is 0 Å². The van der Waals surface area contributed by atoms with E-state index in [1.165, 1.54) is 0 Å². The Bertz CT molecular complexity index is 333. The van der Waals surface area contributed by atoms with Crippen molar-refractivity contribution in [3.63, 3.8) is 0 Å². The number of piperidine rings is 1. The molecule has 0 aliphatic carbocycles. The summed E-state index contributed by atoms with van der Waals surface area (Å²) in [7, 11) is 0. The molecule has 1 saturated heterocycles. The van der Waals surface area contributed by atoms with E-state index in [1.54, 1.807) is 4.90 Å². The van der Waals surface area contributed by atoms with Gasteiger partial charge in [0.05, 0.1) is 0 Å². The Morgan fingerprint density at radius 1 is 1.47 bits per heavy atom. The minimum absolute atomic E-state index is 0.251. The highest BCUT2D eigenvalue weighted by Crippen LogP contribution is 2.29. The quantitative estimate of drug-likeness (QED) is 0.581. The van der Waals surface area contributed by atoms with E-state index in [0.29, 0.717) is 25.4 Å². The summed E-state index contributed by atoms with van der Waals surface area (Å²) in [6.07, 6.45) is 4.97. The van der Waals surface area contributed by atoms with Crippen LogP contribution in [-0.4, -0.2) is 36.0 Å². The number of amides is 1. The molecule has 1 rings (SSSR count). The molecule has 108 valence electrons. The first-order chi connectivity index (χ1) is 8.87. The number of carbonyl (C=O) groups is 2. The maximum atomic E-state index is 12.0. The van der Waals surface area contributed by atoms with Crippen LogP contribution in [0.15, 0.2) is 12.7 Å². The molecule has 0 N–H and O–H groups in total. The van der Waals surface area contributed by atoms with Gasteiger partial charge < -0.3 is 14.4 Å². The molecule has 1 heterocycles. The molecule has 4 heteroatoms. The third-order valence-electron chi connectivity index (χ3n) is 3.42. The summed E-state index contributed by atoms with van der Waals surface area (Å²) in [4.78, 5) is 24.2. The Kier molecular flexibility index (Phi) is 5.58. The zero-order chi connectivity index (χ0) is 14.5. The smallest absolute Gasteiger partial charge is 0.410 e. The van der Waals surface area contributed by atoms with Gasteiger partial charge in [-0.05, 0) is 45.4 Å². The molecule has 1 aliphatic heterocycles. The number of nitrogens with zero attached hydrogens (tertiary/aromatic N) is 1. The van der Waals surface area contributed by atoms with Crippen molar-refractivity contribution in [2.45, 2.75) is 45.6 Å². The highest BCUT2D eigenvalue weighted by Gasteiger charge is 2.31. The van der Waals surface area contributed by atoms with Crippen molar-refractivity contribution in [1.82, 2.24) is 4.90 Å². The zero-order valence-electron chi connectivity index (χ0n) is 12.2. The predicted molar refractivity (Wildman–Crippen MR) is 74.9 cm³/mol. The third-order valence-corrected chi connectivity index (χ3v) is 3.42. The van der Waals surface area contributed by atoms with E-state index in [-0.39, 0.29) is 12.0 Å². The minimum atomic E-state index is -0.463. The van der Waals surface area contributed by atoms with E-state index in [9.17, 15) is 9.59 Å². The highest BCUT2D eigenvalue weighted by molar-refractivity contribution is 5.68. The molecule has 0 aromatic carbocycles. The summed E-state index contributed by atoms with van der Waals surface area (Å²) in [5, 5.41) is 0. The lowest BCUT2D eigenvalue weighted by Gasteiger charge is -2.37. The second kappa shape index (κ2) is 6.73. The average molecular weight is 267 g/mol. The van der Waals surface area contributed by atoms with E-state index in [0.717, 1.165) is 19.1 Å². The van der Waals surface area contributed by atoms with Gasteiger partial charge in [-0.15, -0.1) is 6.58 Å². The highest BCUT2D eigenvalue weighted by atomic mass is 16.6. The largest absolute Gasteiger partial charge is 0.444 e. The zero-order valence-corrected chi connectivity index (χ0v) is 12.2. The van der Waals surface area contributed by atoms with Crippen LogP contribution in [0.3, 0.4) is 0 Å². The summed E-state index contributed by atoms with van der Waals surface area (Å²) in [5.41, 5.74) is -0.463. The van der Waals surface area contributed by atoms with Crippen LogP contribution < -0.4 is 0 Å². The van der Waals surface area contributed by atoms with Crippen LogP contribution >= 0.6 is 0 Å². The Morgan fingerprint density at radius 3 is 2.68 bits per heavy atom. The molecule has 2 atom stereocenters. The molecule has 0 aromatic heterocycles. The Morgan fingerprint density at radius 2 is 2.16 bits per heavy atom. The molecular weight excluding hydrogens is 242 g/mol. The second-order valence-electron chi connectivity index (χ2n) is 6.12. The van der Waals surface area contributed by atoms with Crippen molar-refractivity contribution in [3.05, 3.63) is 12.7 Å². The SMILES string of the molecule is C=C[C@H]1CN(C(=O)OC(C)(C)C)CC[C@H]1CCC=O. The van der Waals surface area contributed by atoms with Gasteiger partial charge in [0, 0.05) is 19.5 Å². The molecule has 0 radical (unpaired) electrons. The summed E-state index contributed by atoms with van der Waals surface area (Å²) in [5.74, 6) is 0.697. The first-order valence-corrected chi connectivity index (χ1v) is 6.91. The maximum absolute atomic E-state index is 12.0. The van der Waals surface area contributed by atoms with E-state index in [4.69, 9.17) is 4.74 Å². The number of aldehydes is 1. The average Bonchev–Trinajstić information content (AvgIpc) is 2.34. The number of carbonyl (C=O) groups excluding carboxylic acids is 2. The third kappa shape index (κ3) is 5.05. The second-order valence-corrected chi connectivity index (χ2v) is 6.12. The van der Waals surface area contributed by atoms with E-state index in [1.807, 2.05) is 26.8 Å². The monoisotopic (exact) mass is 267 g/mol. The number of rotatable bonds is 4. The lowest BCUT2D eigenvalue weighted by molar-refractivity contribution is -0.108. The number of ether oxygens (including phenoxy) is 1. The minimum Gasteiger partial charge on any atom is -0.444 e. The summed E-state index contributed by atoms with van der Waals surface area (Å²) in [6, 6.07) is 0. The molecule has 1 fully saturated rings. The Labute approximate surface area is 115 Å². The Balaban J connectivity index is 2.56. The van der Waals surface area contributed by atoms with Crippen LogP contribution in [0, 0.1) is 11.8 Å². The van der Waals surface area contributed by atoms with Gasteiger partial charge in [0.25, 0.3) is 0 Å². The van der Waals surface area contributed by atoms with Gasteiger partial charge >= 0.3 is 6.09 Å². The van der Waals surface area contributed by atoms with Crippen molar-refractivity contribution in [2.75, 3.05) is 13.1 Å². The molecular formula is C15H25NO3. The fraction of sp³-hybridized carbons (Fsp3) is 0.733. The number of likely N-dealkylation sites (tertiary alicyclic amines) is 1. The van der Waals surface area contributed by atoms with Crippen LogP contribution in [0.5, 0.6) is 0 Å². The van der Waals surface area contributed by atoms with E-state index < -0.39 is 5.60 Å². The van der Waals surface area contributed by atoms with Crippen molar-refractivity contribution in [3.8, 4) is 0 Å². The van der Waals surface area contributed by atoms with Gasteiger partial charge in [-0.25, -0.2) is 4.79 Å². The summed E-state index contributed by atoms with van der Waals surface area (Å²) < 4.78 is 5.38. The van der Waals surface area contributed by atoms with Crippen molar-refractivity contribution < 1.29 is 14.3 Å². The molecule has 4 nitrogen and oxygen atoms in total. The molecule has 0 spiro atoms.